The number of urea groups is 1. The van der Waals surface area contributed by atoms with Gasteiger partial charge >= 0.3 is 12.0 Å². The maximum atomic E-state index is 12.1. The number of nitrogens with one attached hydrogen (secondary N) is 2. The number of rotatable bonds is 6. The number of carboxylic acids is 1. The molecular formula is C17H25N3O3. The van der Waals surface area contributed by atoms with Crippen LogP contribution >= 0.6 is 0 Å². The largest absolute Gasteiger partial charge is 0.481 e. The van der Waals surface area contributed by atoms with Crippen molar-refractivity contribution < 1.29 is 14.7 Å². The number of hydrogen-bond donors (Lipinski definition) is 3. The molecule has 2 amide bonds. The van der Waals surface area contributed by atoms with Crippen LogP contribution in [0, 0.1) is 0 Å². The van der Waals surface area contributed by atoms with Gasteiger partial charge in [0.25, 0.3) is 0 Å². The van der Waals surface area contributed by atoms with Crippen LogP contribution in [0.2, 0.25) is 0 Å². The zero-order valence-corrected chi connectivity index (χ0v) is 13.8. The third-order valence-corrected chi connectivity index (χ3v) is 3.99. The van der Waals surface area contributed by atoms with Crippen molar-refractivity contribution in [3.63, 3.8) is 0 Å². The highest BCUT2D eigenvalue weighted by Gasteiger charge is 2.21. The van der Waals surface area contributed by atoms with E-state index in [9.17, 15) is 9.59 Å². The van der Waals surface area contributed by atoms with Gasteiger partial charge in [-0.25, -0.2) is 4.79 Å². The molecule has 1 aromatic rings. The van der Waals surface area contributed by atoms with Crippen LogP contribution in [-0.2, 0) is 4.79 Å². The molecule has 0 aliphatic carbocycles. The lowest BCUT2D eigenvalue weighted by molar-refractivity contribution is -0.137. The molecule has 1 fully saturated rings. The number of anilines is 2. The Morgan fingerprint density at radius 1 is 1.26 bits per heavy atom. The molecule has 3 N–H and O–H groups in total. The maximum Gasteiger partial charge on any atom is 0.319 e. The molecule has 126 valence electrons. The molecule has 0 bridgehead atoms. The zero-order valence-electron chi connectivity index (χ0n) is 13.8. The molecule has 0 spiro atoms. The first-order valence-electron chi connectivity index (χ1n) is 8.02. The van der Waals surface area contributed by atoms with E-state index in [2.05, 4.69) is 15.5 Å². The Morgan fingerprint density at radius 3 is 2.61 bits per heavy atom. The van der Waals surface area contributed by atoms with Crippen molar-refractivity contribution in [3.8, 4) is 0 Å². The number of nitrogens with zero attached hydrogens (tertiary/aromatic N) is 1. The molecular weight excluding hydrogens is 294 g/mol. The molecule has 1 aromatic carbocycles. The van der Waals surface area contributed by atoms with Crippen LogP contribution in [-0.4, -0.2) is 35.7 Å². The van der Waals surface area contributed by atoms with Gasteiger partial charge in [0.15, 0.2) is 0 Å². The average Bonchev–Trinajstić information content (AvgIpc) is 2.99. The van der Waals surface area contributed by atoms with Crippen molar-refractivity contribution in [1.29, 1.82) is 0 Å². The predicted molar refractivity (Wildman–Crippen MR) is 91.0 cm³/mol. The van der Waals surface area contributed by atoms with Crippen LogP contribution in [0.1, 0.15) is 39.5 Å². The summed E-state index contributed by atoms with van der Waals surface area (Å²) < 4.78 is 0. The van der Waals surface area contributed by atoms with Crippen LogP contribution in [0.15, 0.2) is 24.3 Å². The van der Waals surface area contributed by atoms with Crippen LogP contribution < -0.4 is 15.5 Å². The summed E-state index contributed by atoms with van der Waals surface area (Å²) in [6, 6.07) is 7.47. The van der Waals surface area contributed by atoms with Gasteiger partial charge in [0.05, 0.1) is 0 Å². The maximum absolute atomic E-state index is 12.1. The van der Waals surface area contributed by atoms with Crippen molar-refractivity contribution in [2.75, 3.05) is 23.3 Å². The molecule has 1 aliphatic heterocycles. The summed E-state index contributed by atoms with van der Waals surface area (Å²) in [6.45, 7) is 5.74. The highest BCUT2D eigenvalue weighted by atomic mass is 16.4. The molecule has 0 saturated carbocycles. The molecule has 1 saturated heterocycles. The summed E-state index contributed by atoms with van der Waals surface area (Å²) in [6.07, 6.45) is 2.81. The second-order valence-corrected chi connectivity index (χ2v) is 6.60. The smallest absolute Gasteiger partial charge is 0.319 e. The SMILES string of the molecule is CC(C)(CCC(=O)O)NC(=O)Nc1cccc(N2CCCC2)c1. The normalized spacial score (nSPS) is 14.6. The standard InChI is InChI=1S/C17H25N3O3/c1-17(2,9-8-15(21)22)19-16(23)18-13-6-5-7-14(12-13)20-10-3-4-11-20/h5-7,12H,3-4,8-11H2,1-2H3,(H,21,22)(H2,18,19,23). The fourth-order valence-corrected chi connectivity index (χ4v) is 2.71. The molecule has 23 heavy (non-hydrogen) atoms. The van der Waals surface area contributed by atoms with Gasteiger partial charge < -0.3 is 20.6 Å². The number of carboxylic acid groups (broad SMARTS) is 1. The third kappa shape index (κ3) is 5.47. The summed E-state index contributed by atoms with van der Waals surface area (Å²) in [7, 11) is 0. The van der Waals surface area contributed by atoms with E-state index >= 15 is 0 Å². The van der Waals surface area contributed by atoms with Gasteiger partial charge in [0, 0.05) is 36.4 Å². The van der Waals surface area contributed by atoms with E-state index in [0.717, 1.165) is 24.5 Å². The van der Waals surface area contributed by atoms with Crippen LogP contribution in [0.3, 0.4) is 0 Å². The van der Waals surface area contributed by atoms with Crippen molar-refractivity contribution in [2.24, 2.45) is 0 Å². The van der Waals surface area contributed by atoms with Crippen molar-refractivity contribution in [1.82, 2.24) is 5.32 Å². The number of carbonyl (C=O) groups is 2. The molecule has 2 rings (SSSR count). The number of carbonyl (C=O) groups excluding carboxylic acids is 1. The molecule has 0 unspecified atom stereocenters. The first-order valence-corrected chi connectivity index (χ1v) is 8.02. The first kappa shape index (κ1) is 17.1. The average molecular weight is 319 g/mol. The fourth-order valence-electron chi connectivity index (χ4n) is 2.71. The number of hydrogen-bond acceptors (Lipinski definition) is 3. The lowest BCUT2D eigenvalue weighted by atomic mass is 9.99. The fraction of sp³-hybridized carbons (Fsp3) is 0.529. The van der Waals surface area contributed by atoms with E-state index in [1.807, 2.05) is 38.1 Å². The van der Waals surface area contributed by atoms with Crippen molar-refractivity contribution in [2.45, 2.75) is 45.1 Å². The monoisotopic (exact) mass is 319 g/mol. The minimum Gasteiger partial charge on any atom is -0.481 e. The molecule has 1 aliphatic rings. The summed E-state index contributed by atoms with van der Waals surface area (Å²) in [5.41, 5.74) is 1.28. The minimum atomic E-state index is -0.862. The highest BCUT2D eigenvalue weighted by molar-refractivity contribution is 5.90. The minimum absolute atomic E-state index is 0.0255. The molecule has 0 aromatic heterocycles. The number of benzene rings is 1. The summed E-state index contributed by atoms with van der Waals surface area (Å²) in [5, 5.41) is 14.4. The first-order chi connectivity index (χ1) is 10.9. The lowest BCUT2D eigenvalue weighted by Crippen LogP contribution is -2.45. The van der Waals surface area contributed by atoms with Gasteiger partial charge in [-0.3, -0.25) is 4.79 Å². The lowest BCUT2D eigenvalue weighted by Gasteiger charge is -2.26. The molecule has 0 atom stereocenters. The van der Waals surface area contributed by atoms with E-state index < -0.39 is 11.5 Å². The molecule has 1 heterocycles. The quantitative estimate of drug-likeness (QED) is 0.752. The van der Waals surface area contributed by atoms with Gasteiger partial charge in [-0.1, -0.05) is 6.07 Å². The Bertz CT molecular complexity index is 566. The van der Waals surface area contributed by atoms with E-state index in [4.69, 9.17) is 5.11 Å². The highest BCUT2D eigenvalue weighted by Crippen LogP contribution is 2.23. The molecule has 6 heteroatoms. The Morgan fingerprint density at radius 2 is 1.96 bits per heavy atom. The molecule has 6 nitrogen and oxygen atoms in total. The van der Waals surface area contributed by atoms with Crippen LogP contribution in [0.4, 0.5) is 16.2 Å². The van der Waals surface area contributed by atoms with E-state index in [0.29, 0.717) is 6.42 Å². The summed E-state index contributed by atoms with van der Waals surface area (Å²) >= 11 is 0. The van der Waals surface area contributed by atoms with Crippen LogP contribution in [0.5, 0.6) is 0 Å². The predicted octanol–water partition coefficient (Wildman–Crippen LogP) is 3.05. The zero-order chi connectivity index (χ0) is 16.9. The number of amides is 2. The van der Waals surface area contributed by atoms with Gasteiger partial charge in [-0.2, -0.15) is 0 Å². The Balaban J connectivity index is 1.92. The Hall–Kier alpha value is -2.24. The van der Waals surface area contributed by atoms with Gasteiger partial charge in [0.1, 0.15) is 0 Å². The Labute approximate surface area is 136 Å². The topological polar surface area (TPSA) is 81.7 Å². The van der Waals surface area contributed by atoms with Crippen molar-refractivity contribution >= 4 is 23.4 Å². The second-order valence-electron chi connectivity index (χ2n) is 6.60. The Kier molecular flexibility index (Phi) is 5.47. The van der Waals surface area contributed by atoms with E-state index in [1.165, 1.54) is 12.8 Å². The van der Waals surface area contributed by atoms with Gasteiger partial charge in [-0.05, 0) is 51.3 Å². The number of aliphatic carboxylic acids is 1. The summed E-state index contributed by atoms with van der Waals surface area (Å²) in [4.78, 5) is 25.1. The van der Waals surface area contributed by atoms with Gasteiger partial charge in [-0.15, -0.1) is 0 Å². The summed E-state index contributed by atoms with van der Waals surface area (Å²) in [5.74, 6) is -0.862. The van der Waals surface area contributed by atoms with Crippen LogP contribution in [0.25, 0.3) is 0 Å². The van der Waals surface area contributed by atoms with E-state index in [1.54, 1.807) is 0 Å². The third-order valence-electron chi connectivity index (χ3n) is 3.99. The van der Waals surface area contributed by atoms with Gasteiger partial charge in [0.2, 0.25) is 0 Å². The van der Waals surface area contributed by atoms with Crippen molar-refractivity contribution in [3.05, 3.63) is 24.3 Å². The van der Waals surface area contributed by atoms with E-state index in [-0.39, 0.29) is 12.5 Å². The molecule has 0 radical (unpaired) electrons. The second kappa shape index (κ2) is 7.35.